The van der Waals surface area contributed by atoms with Crippen molar-refractivity contribution in [2.75, 3.05) is 4.67 Å². The summed E-state index contributed by atoms with van der Waals surface area (Å²) in [6, 6.07) is 13.6. The van der Waals surface area contributed by atoms with Crippen molar-refractivity contribution in [2.24, 2.45) is 0 Å². The summed E-state index contributed by atoms with van der Waals surface area (Å²) in [7, 11) is -1.20. The van der Waals surface area contributed by atoms with Crippen LogP contribution in [-0.2, 0) is 0 Å². The van der Waals surface area contributed by atoms with Crippen molar-refractivity contribution >= 4 is 35.9 Å². The van der Waals surface area contributed by atoms with E-state index in [1.807, 2.05) is 0 Å². The molecule has 0 aromatic heterocycles. The van der Waals surface area contributed by atoms with Gasteiger partial charge >= 0.3 is 7.58 Å². The smallest absolute Gasteiger partial charge is 0.255 e. The second-order valence-corrected chi connectivity index (χ2v) is 13.0. The number of anilines is 1. The molecule has 1 unspecified atom stereocenters. The summed E-state index contributed by atoms with van der Waals surface area (Å²) in [6.07, 6.45) is 0. The summed E-state index contributed by atoms with van der Waals surface area (Å²) >= 11 is 7.64. The van der Waals surface area contributed by atoms with Crippen molar-refractivity contribution in [1.82, 2.24) is 0 Å². The van der Waals surface area contributed by atoms with E-state index in [9.17, 15) is 0 Å². The van der Waals surface area contributed by atoms with Crippen molar-refractivity contribution in [3.05, 3.63) is 69.9 Å². The maximum absolute atomic E-state index is 7.64. The van der Waals surface area contributed by atoms with Gasteiger partial charge in [0, 0.05) is 40.6 Å². The zero-order valence-electron chi connectivity index (χ0n) is 23.0. The summed E-state index contributed by atoms with van der Waals surface area (Å²) < 4.78 is 4.93. The number of halogens is 1. The fraction of sp³-hybridized carbons (Fsp3) is 0.500. The molecule has 4 heteroatoms. The van der Waals surface area contributed by atoms with Gasteiger partial charge in [0.05, 0.1) is 5.69 Å². The van der Waals surface area contributed by atoms with E-state index in [-0.39, 0.29) is 0 Å². The molecular formula is C30H43ClN2P+. The average molecular weight is 498 g/mol. The fourth-order valence-corrected chi connectivity index (χ4v) is 7.83. The third-order valence-corrected chi connectivity index (χ3v) is 9.73. The summed E-state index contributed by atoms with van der Waals surface area (Å²) in [5.41, 5.74) is 11.9. The van der Waals surface area contributed by atoms with Crippen LogP contribution in [0.3, 0.4) is 0 Å². The lowest BCUT2D eigenvalue weighted by atomic mass is 9.92. The van der Waals surface area contributed by atoms with E-state index >= 15 is 0 Å². The molecular weight excluding hydrogens is 455 g/mol. The highest BCUT2D eigenvalue weighted by atomic mass is 35.7. The van der Waals surface area contributed by atoms with Crippen LogP contribution in [0, 0.1) is 0 Å². The van der Waals surface area contributed by atoms with Crippen molar-refractivity contribution in [1.29, 1.82) is 0 Å². The number of para-hydroxylation sites is 2. The third kappa shape index (κ3) is 4.74. The van der Waals surface area contributed by atoms with E-state index in [1.165, 1.54) is 50.6 Å². The van der Waals surface area contributed by atoms with Gasteiger partial charge in [0.15, 0.2) is 5.71 Å². The van der Waals surface area contributed by atoms with Crippen LogP contribution in [0.15, 0.2) is 47.7 Å². The highest BCUT2D eigenvalue weighted by Gasteiger charge is 2.44. The lowest BCUT2D eigenvalue weighted by Crippen LogP contribution is -2.30. The average Bonchev–Trinajstić information content (AvgIpc) is 2.77. The highest BCUT2D eigenvalue weighted by Crippen LogP contribution is 2.60. The molecule has 2 nitrogen and oxygen atoms in total. The fourth-order valence-electron chi connectivity index (χ4n) is 4.93. The zero-order chi connectivity index (χ0) is 25.5. The Bertz CT molecular complexity index is 1070. The Balaban J connectivity index is 2.39. The van der Waals surface area contributed by atoms with Gasteiger partial charge in [-0.05, 0) is 48.6 Å². The summed E-state index contributed by atoms with van der Waals surface area (Å²) in [4.78, 5) is 0. The summed E-state index contributed by atoms with van der Waals surface area (Å²) in [5, 5.41) is 0. The van der Waals surface area contributed by atoms with Crippen molar-refractivity contribution < 1.29 is 4.35 Å². The van der Waals surface area contributed by atoms with E-state index in [2.05, 4.69) is 122 Å². The van der Waals surface area contributed by atoms with Crippen LogP contribution >= 0.6 is 18.8 Å². The monoisotopic (exact) mass is 497 g/mol. The van der Waals surface area contributed by atoms with Crippen LogP contribution in [0.5, 0.6) is 0 Å². The van der Waals surface area contributed by atoms with E-state index in [0.29, 0.717) is 23.7 Å². The van der Waals surface area contributed by atoms with Gasteiger partial charge in [-0.15, -0.1) is 4.35 Å². The maximum Gasteiger partial charge on any atom is 0.408 e. The van der Waals surface area contributed by atoms with Gasteiger partial charge < -0.3 is 0 Å². The maximum atomic E-state index is 7.64. The molecule has 1 aliphatic rings. The lowest BCUT2D eigenvalue weighted by molar-refractivity contribution is -0.257. The van der Waals surface area contributed by atoms with Gasteiger partial charge in [0.25, 0.3) is 0 Å². The first-order valence-corrected chi connectivity index (χ1v) is 14.9. The molecule has 1 atom stereocenters. The second-order valence-electron chi connectivity index (χ2n) is 10.8. The van der Waals surface area contributed by atoms with E-state index in [1.54, 1.807) is 0 Å². The van der Waals surface area contributed by atoms with Crippen LogP contribution in [-0.4, -0.2) is 10.1 Å². The topological polar surface area (TPSA) is 6.25 Å². The molecule has 2 aromatic carbocycles. The Kier molecular flexibility index (Phi) is 8.37. The molecule has 1 heterocycles. The molecule has 0 saturated heterocycles. The molecule has 0 bridgehead atoms. The predicted molar refractivity (Wildman–Crippen MR) is 153 cm³/mol. The van der Waals surface area contributed by atoms with Crippen LogP contribution in [0.1, 0.15) is 122 Å². The summed E-state index contributed by atoms with van der Waals surface area (Å²) in [6.45, 7) is 25.0. The Morgan fingerprint density at radius 1 is 0.676 bits per heavy atom. The first kappa shape index (κ1) is 27.0. The van der Waals surface area contributed by atoms with Crippen LogP contribution in [0.4, 0.5) is 11.4 Å². The number of rotatable bonds is 6. The Labute approximate surface area is 214 Å². The number of hydrogen-bond donors (Lipinski definition) is 0. The molecule has 0 aliphatic carbocycles. The minimum absolute atomic E-state index is 0.413. The molecule has 0 fully saturated rings. The summed E-state index contributed by atoms with van der Waals surface area (Å²) in [5.74, 6) is 1.65. The van der Waals surface area contributed by atoms with Gasteiger partial charge in [0.1, 0.15) is 0 Å². The second kappa shape index (κ2) is 10.5. The van der Waals surface area contributed by atoms with Crippen LogP contribution < -0.4 is 4.67 Å². The quantitative estimate of drug-likeness (QED) is 0.359. The predicted octanol–water partition coefficient (Wildman–Crippen LogP) is 10.6. The zero-order valence-corrected chi connectivity index (χ0v) is 24.6. The van der Waals surface area contributed by atoms with Crippen molar-refractivity contribution in [3.8, 4) is 0 Å². The first-order valence-electron chi connectivity index (χ1n) is 12.7. The van der Waals surface area contributed by atoms with E-state index in [4.69, 9.17) is 11.2 Å². The van der Waals surface area contributed by atoms with Gasteiger partial charge in [-0.1, -0.05) is 91.8 Å². The molecule has 3 rings (SSSR count). The minimum Gasteiger partial charge on any atom is -0.255 e. The molecule has 184 valence electrons. The molecule has 0 radical (unpaired) electrons. The minimum atomic E-state index is -1.20. The van der Waals surface area contributed by atoms with Gasteiger partial charge in [0.2, 0.25) is 5.69 Å². The molecule has 0 spiro atoms. The van der Waals surface area contributed by atoms with Crippen molar-refractivity contribution in [3.63, 3.8) is 0 Å². The molecule has 0 saturated carbocycles. The Hall–Kier alpha value is -1.63. The molecule has 1 aliphatic heterocycles. The number of benzene rings is 2. The highest BCUT2D eigenvalue weighted by molar-refractivity contribution is 7.80. The normalized spacial score (nSPS) is 17.3. The van der Waals surface area contributed by atoms with E-state index < -0.39 is 7.58 Å². The van der Waals surface area contributed by atoms with Crippen molar-refractivity contribution in [2.45, 2.75) is 99.8 Å². The van der Waals surface area contributed by atoms with Crippen LogP contribution in [0.25, 0.3) is 0 Å². The number of nitrogens with zero attached hydrogens (tertiary/aromatic N) is 2. The van der Waals surface area contributed by atoms with Gasteiger partial charge in [-0.25, -0.2) is 0 Å². The first-order chi connectivity index (χ1) is 15.9. The Morgan fingerprint density at radius 3 is 1.44 bits per heavy atom. The molecule has 2 aromatic rings. The van der Waals surface area contributed by atoms with Gasteiger partial charge in [-0.3, -0.25) is 4.67 Å². The standard InChI is InChI=1S/C30H43ClN2P/c1-18(2)25-14-12-15-26(19(3)4)29(25)32-23(10)22(9)24(11)33(34(32)31)30-27(20(5)6)16-13-17-28(30)21(7)8/h12-21H,1-11H3/q+1. The molecule has 0 N–H and O–H groups in total. The molecule has 34 heavy (non-hydrogen) atoms. The lowest BCUT2D eigenvalue weighted by Gasteiger charge is -2.36. The van der Waals surface area contributed by atoms with Gasteiger partial charge in [-0.2, -0.15) is 0 Å². The largest absolute Gasteiger partial charge is 0.408 e. The number of allylic oxidation sites excluding steroid dienone is 2. The number of hydrogen-bond acceptors (Lipinski definition) is 1. The molecule has 0 amide bonds. The third-order valence-electron chi connectivity index (χ3n) is 7.16. The van der Waals surface area contributed by atoms with E-state index in [0.717, 1.165) is 0 Å². The Morgan fingerprint density at radius 2 is 1.06 bits per heavy atom. The SMILES string of the molecule is CC1=C(C)N(c2c(C(C)C)cccc2C(C)C)P(Cl)[N+](c2c(C(C)C)cccc2C(C)C)=C1C. The van der Waals surface area contributed by atoms with Crippen LogP contribution in [0.2, 0.25) is 0 Å².